The molecule has 4 nitrogen and oxygen atoms in total. The van der Waals surface area contributed by atoms with Crippen LogP contribution in [0.2, 0.25) is 15.1 Å². The van der Waals surface area contributed by atoms with Crippen molar-refractivity contribution in [3.8, 4) is 11.3 Å². The van der Waals surface area contributed by atoms with E-state index in [1.54, 1.807) is 54.6 Å². The second-order valence-corrected chi connectivity index (χ2v) is 10.0. The van der Waals surface area contributed by atoms with E-state index in [1.807, 2.05) is 42.5 Å². The van der Waals surface area contributed by atoms with Gasteiger partial charge in [0.05, 0.1) is 15.9 Å². The number of carbonyl (C=O) groups is 1. The maximum atomic E-state index is 13.8. The van der Waals surface area contributed by atoms with Crippen molar-refractivity contribution in [3.63, 3.8) is 0 Å². The third kappa shape index (κ3) is 5.06. The second-order valence-electron chi connectivity index (χ2n) is 7.90. The lowest BCUT2D eigenvalue weighted by Crippen LogP contribution is -2.31. The summed E-state index contributed by atoms with van der Waals surface area (Å²) in [6, 6.07) is 28.8. The number of nitrogens with zero attached hydrogens (tertiary/aromatic N) is 2. The van der Waals surface area contributed by atoms with E-state index in [0.29, 0.717) is 43.3 Å². The number of carbonyl (C=O) groups excluding carboxylic acids is 1. The Labute approximate surface area is 231 Å². The summed E-state index contributed by atoms with van der Waals surface area (Å²) in [5.41, 5.74) is 2.77. The topological polar surface area (TPSA) is 45.2 Å². The molecule has 0 radical (unpaired) electrons. The van der Waals surface area contributed by atoms with Gasteiger partial charge in [0.2, 0.25) is 0 Å². The molecule has 0 bridgehead atoms. The summed E-state index contributed by atoms with van der Waals surface area (Å²) in [5, 5.41) is 6.17. The molecule has 1 aromatic heterocycles. The van der Waals surface area contributed by atoms with Gasteiger partial charge in [0.1, 0.15) is 5.82 Å². The quantitative estimate of drug-likeness (QED) is 0.224. The van der Waals surface area contributed by atoms with Gasteiger partial charge in [-0.2, -0.15) is 0 Å². The fraction of sp³-hybridized carbons (Fsp3) is 0. The molecule has 5 rings (SSSR count). The number of halogens is 4. The second kappa shape index (κ2) is 10.5. The van der Waals surface area contributed by atoms with E-state index >= 15 is 0 Å². The summed E-state index contributed by atoms with van der Waals surface area (Å²) in [6.45, 7) is 0. The molecule has 0 atom stereocenters. The highest BCUT2D eigenvalue weighted by molar-refractivity contribution is 9.10. The van der Waals surface area contributed by atoms with Crippen LogP contribution < -0.4 is 10.2 Å². The molecule has 1 heterocycles. The predicted molar refractivity (Wildman–Crippen MR) is 154 cm³/mol. The summed E-state index contributed by atoms with van der Waals surface area (Å²) in [6.07, 6.45) is 0. The molecule has 36 heavy (non-hydrogen) atoms. The van der Waals surface area contributed by atoms with Crippen molar-refractivity contribution in [1.82, 2.24) is 4.98 Å². The Bertz CT molecular complexity index is 1560. The van der Waals surface area contributed by atoms with Crippen molar-refractivity contribution in [3.05, 3.63) is 117 Å². The zero-order chi connectivity index (χ0) is 25.2. The number of aromatic nitrogens is 1. The van der Waals surface area contributed by atoms with Crippen LogP contribution in [-0.4, -0.2) is 11.0 Å². The van der Waals surface area contributed by atoms with Crippen LogP contribution in [0.15, 0.2) is 102 Å². The van der Waals surface area contributed by atoms with Crippen molar-refractivity contribution in [2.24, 2.45) is 0 Å². The third-order valence-corrected chi connectivity index (χ3v) is 7.07. The van der Waals surface area contributed by atoms with Gasteiger partial charge in [0, 0.05) is 37.1 Å². The van der Waals surface area contributed by atoms with Crippen LogP contribution >= 0.6 is 50.7 Å². The fourth-order valence-electron chi connectivity index (χ4n) is 3.83. The third-order valence-electron chi connectivity index (χ3n) is 5.53. The monoisotopic (exact) mass is 595 g/mol. The summed E-state index contributed by atoms with van der Waals surface area (Å²) in [4.78, 5) is 20.3. The van der Waals surface area contributed by atoms with Gasteiger partial charge in [-0.25, -0.2) is 14.7 Å². The van der Waals surface area contributed by atoms with Crippen molar-refractivity contribution in [1.29, 1.82) is 0 Å². The zero-order valence-corrected chi connectivity index (χ0v) is 22.4. The van der Waals surface area contributed by atoms with E-state index < -0.39 is 6.03 Å². The van der Waals surface area contributed by atoms with E-state index in [0.717, 1.165) is 15.4 Å². The average molecular weight is 598 g/mol. The number of benzene rings is 4. The van der Waals surface area contributed by atoms with Crippen LogP contribution in [0.1, 0.15) is 0 Å². The van der Waals surface area contributed by atoms with Crippen LogP contribution in [0.4, 0.5) is 22.0 Å². The molecule has 178 valence electrons. The van der Waals surface area contributed by atoms with Gasteiger partial charge < -0.3 is 5.32 Å². The molecule has 1 N–H and O–H groups in total. The van der Waals surface area contributed by atoms with Crippen molar-refractivity contribution < 1.29 is 4.79 Å². The van der Waals surface area contributed by atoms with Crippen molar-refractivity contribution in [2.45, 2.75) is 0 Å². The van der Waals surface area contributed by atoms with E-state index in [1.165, 1.54) is 4.90 Å². The first-order valence-corrected chi connectivity index (χ1v) is 12.8. The lowest BCUT2D eigenvalue weighted by Gasteiger charge is -2.25. The molecule has 0 aliphatic heterocycles. The number of nitrogens with one attached hydrogen (secondary N) is 1. The normalized spacial score (nSPS) is 10.9. The van der Waals surface area contributed by atoms with Gasteiger partial charge in [0.15, 0.2) is 0 Å². The van der Waals surface area contributed by atoms with Gasteiger partial charge in [-0.05, 0) is 76.6 Å². The number of fused-ring (bicyclic) bond motifs is 1. The average Bonchev–Trinajstić information content (AvgIpc) is 2.88. The van der Waals surface area contributed by atoms with E-state index in [9.17, 15) is 4.79 Å². The number of hydrogen-bond donors (Lipinski definition) is 1. The van der Waals surface area contributed by atoms with E-state index in [2.05, 4.69) is 21.2 Å². The highest BCUT2D eigenvalue weighted by atomic mass is 79.9. The predicted octanol–water partition coefficient (Wildman–Crippen LogP) is 9.99. The number of urea groups is 1. The Balaban J connectivity index is 1.75. The molecule has 0 fully saturated rings. The lowest BCUT2D eigenvalue weighted by atomic mass is 10.1. The van der Waals surface area contributed by atoms with Crippen LogP contribution in [-0.2, 0) is 0 Å². The summed E-state index contributed by atoms with van der Waals surface area (Å²) >= 11 is 22.3. The van der Waals surface area contributed by atoms with Gasteiger partial charge in [-0.15, -0.1) is 0 Å². The maximum absolute atomic E-state index is 13.8. The number of anilines is 3. The largest absolute Gasteiger partial charge is 0.332 e. The van der Waals surface area contributed by atoms with Crippen molar-refractivity contribution in [2.75, 3.05) is 10.2 Å². The molecular formula is C28H17BrCl3N3O. The maximum Gasteiger partial charge on any atom is 0.332 e. The smallest absolute Gasteiger partial charge is 0.307 e. The van der Waals surface area contributed by atoms with Crippen molar-refractivity contribution >= 4 is 84.7 Å². The van der Waals surface area contributed by atoms with Crippen LogP contribution in [0.3, 0.4) is 0 Å². The molecule has 8 heteroatoms. The zero-order valence-electron chi connectivity index (χ0n) is 18.6. The standard InChI is InChI=1S/C28H17BrCl3N3O/c29-25-23-15-10-20(32)16-24(23)27(34-26(25)17-4-2-1-3-5-17)35(22-13-8-19(31)9-14-22)28(36)33-21-11-6-18(30)7-12-21/h1-16H,(H,33,36). The SMILES string of the molecule is O=C(Nc1ccc(Cl)cc1)N(c1ccc(Cl)cc1)c1nc(-c2ccccc2)c(Br)c2ccc(Cl)cc12. The summed E-state index contributed by atoms with van der Waals surface area (Å²) in [5.74, 6) is 0.420. The molecule has 0 spiro atoms. The highest BCUT2D eigenvalue weighted by Crippen LogP contribution is 2.41. The number of pyridine rings is 1. The number of rotatable bonds is 4. The van der Waals surface area contributed by atoms with E-state index in [-0.39, 0.29) is 0 Å². The molecule has 0 saturated heterocycles. The first-order valence-electron chi connectivity index (χ1n) is 10.9. The minimum Gasteiger partial charge on any atom is -0.307 e. The van der Waals surface area contributed by atoms with Crippen LogP contribution in [0.5, 0.6) is 0 Å². The number of hydrogen-bond acceptors (Lipinski definition) is 2. The van der Waals surface area contributed by atoms with Crippen LogP contribution in [0, 0.1) is 0 Å². The Kier molecular flexibility index (Phi) is 7.17. The first-order chi connectivity index (χ1) is 17.4. The first kappa shape index (κ1) is 24.6. The van der Waals surface area contributed by atoms with Gasteiger partial charge in [-0.1, -0.05) is 71.2 Å². The summed E-state index contributed by atoms with van der Waals surface area (Å²) < 4.78 is 0.804. The minimum atomic E-state index is -0.408. The highest BCUT2D eigenvalue weighted by Gasteiger charge is 2.25. The Morgan fingerprint density at radius 3 is 2.03 bits per heavy atom. The number of amides is 2. The fourth-order valence-corrected chi connectivity index (χ4v) is 4.92. The summed E-state index contributed by atoms with van der Waals surface area (Å²) in [7, 11) is 0. The molecule has 2 amide bonds. The molecule has 0 unspecified atom stereocenters. The lowest BCUT2D eigenvalue weighted by molar-refractivity contribution is 0.259. The molecule has 4 aromatic carbocycles. The molecule has 0 aliphatic rings. The van der Waals surface area contributed by atoms with Gasteiger partial charge >= 0.3 is 6.03 Å². The van der Waals surface area contributed by atoms with E-state index in [4.69, 9.17) is 39.8 Å². The Morgan fingerprint density at radius 2 is 1.36 bits per heavy atom. The molecule has 5 aromatic rings. The Morgan fingerprint density at radius 1 is 0.750 bits per heavy atom. The minimum absolute atomic E-state index is 0.408. The van der Waals surface area contributed by atoms with Gasteiger partial charge in [0.25, 0.3) is 0 Å². The van der Waals surface area contributed by atoms with Crippen LogP contribution in [0.25, 0.3) is 22.0 Å². The van der Waals surface area contributed by atoms with Gasteiger partial charge in [-0.3, -0.25) is 0 Å². The Hall–Kier alpha value is -3.09. The molecular weight excluding hydrogens is 581 g/mol. The molecule has 0 aliphatic carbocycles. The molecule has 0 saturated carbocycles.